The van der Waals surface area contributed by atoms with E-state index in [0.717, 1.165) is 0 Å². The highest BCUT2D eigenvalue weighted by Crippen LogP contribution is 2.30. The van der Waals surface area contributed by atoms with Crippen molar-refractivity contribution in [3.8, 4) is 11.5 Å². The molecule has 2 rings (SSSR count). The number of ether oxygens (including phenoxy) is 1. The quantitative estimate of drug-likeness (QED) is 0.370. The van der Waals surface area contributed by atoms with Crippen molar-refractivity contribution in [2.45, 2.75) is 17.4 Å². The van der Waals surface area contributed by atoms with Crippen LogP contribution in [0.15, 0.2) is 41.3 Å². The zero-order valence-electron chi connectivity index (χ0n) is 14.2. The molecular weight excluding hydrogens is 420 g/mol. The zero-order valence-corrected chi connectivity index (χ0v) is 15.7. The predicted octanol–water partition coefficient (Wildman–Crippen LogP) is 1.91. The molecule has 0 aliphatic rings. The van der Waals surface area contributed by atoms with Gasteiger partial charge in [0.15, 0.2) is 17.4 Å². The van der Waals surface area contributed by atoms with Crippen molar-refractivity contribution in [1.29, 1.82) is 0 Å². The number of carbonyl (C=O) groups is 1. The first-order valence-corrected chi connectivity index (χ1v) is 9.63. The minimum Gasteiger partial charge on any atom is -0.451 e. The maximum absolute atomic E-state index is 14.3. The molecule has 0 saturated heterocycles. The van der Waals surface area contributed by atoms with Gasteiger partial charge in [-0.25, -0.2) is 22.7 Å². The van der Waals surface area contributed by atoms with Gasteiger partial charge in [0.05, 0.1) is 4.90 Å². The van der Waals surface area contributed by atoms with Crippen LogP contribution in [0, 0.1) is 11.6 Å². The zero-order chi connectivity index (χ0) is 20.9. The van der Waals surface area contributed by atoms with Crippen LogP contribution in [0.2, 0.25) is 5.02 Å². The number of amides is 1. The fourth-order valence-corrected chi connectivity index (χ4v) is 3.53. The number of benzene rings is 2. The van der Waals surface area contributed by atoms with Gasteiger partial charge in [-0.1, -0.05) is 11.6 Å². The molecule has 12 heteroatoms. The lowest BCUT2D eigenvalue weighted by Crippen LogP contribution is -2.46. The average molecular weight is 436 g/mol. The molecule has 0 radical (unpaired) electrons. The second-order valence-corrected chi connectivity index (χ2v) is 7.65. The minimum atomic E-state index is -4.51. The van der Waals surface area contributed by atoms with Crippen LogP contribution >= 0.6 is 11.6 Å². The summed E-state index contributed by atoms with van der Waals surface area (Å²) < 4.78 is 60.3. The molecule has 1 amide bonds. The number of nitrogens with two attached hydrogens (primary N) is 1. The Labute approximate surface area is 164 Å². The number of hydrogen-bond acceptors (Lipinski definition) is 6. The Morgan fingerprint density at radius 1 is 1.21 bits per heavy atom. The molecule has 0 saturated carbocycles. The fraction of sp³-hybridized carbons (Fsp3) is 0.188. The topological polar surface area (TPSA) is 131 Å². The molecule has 0 bridgehead atoms. The van der Waals surface area contributed by atoms with Gasteiger partial charge in [-0.3, -0.25) is 10.0 Å². The molecule has 0 unspecified atom stereocenters. The summed E-state index contributed by atoms with van der Waals surface area (Å²) in [6.45, 7) is -0.0861. The van der Waals surface area contributed by atoms with E-state index in [1.807, 2.05) is 4.72 Å². The summed E-state index contributed by atoms with van der Waals surface area (Å²) in [6.07, 6.45) is -0.158. The Balaban J connectivity index is 2.31. The van der Waals surface area contributed by atoms with E-state index in [-0.39, 0.29) is 18.7 Å². The van der Waals surface area contributed by atoms with Gasteiger partial charge in [-0.05, 0) is 49.4 Å². The van der Waals surface area contributed by atoms with Crippen molar-refractivity contribution < 1.29 is 31.9 Å². The van der Waals surface area contributed by atoms with Gasteiger partial charge in [0, 0.05) is 5.02 Å². The van der Waals surface area contributed by atoms with Crippen LogP contribution in [0.4, 0.5) is 8.78 Å². The van der Waals surface area contributed by atoms with E-state index < -0.39 is 44.3 Å². The molecular formula is C16H16ClF2N3O5S. The number of hydroxylamine groups is 1. The normalized spacial score (nSPS) is 12.5. The molecule has 1 atom stereocenters. The standard InChI is InChI=1S/C16H16ClF2N3O5S/c17-9-1-3-10(4-2-9)27-15-12(18)7-11(8-13(15)19)28(25,26)22-14(5-6-20)16(23)21-24/h1-4,7-8,14,22,24H,5-6,20H2,(H,21,23)/t14-/m1/s1. The monoisotopic (exact) mass is 435 g/mol. The molecule has 0 heterocycles. The SMILES string of the molecule is NCC[C@@H](NS(=O)(=O)c1cc(F)c(Oc2ccc(Cl)cc2)c(F)c1)C(=O)NO. The molecule has 0 spiro atoms. The number of hydrogen-bond donors (Lipinski definition) is 4. The van der Waals surface area contributed by atoms with Crippen LogP contribution in [0.25, 0.3) is 0 Å². The van der Waals surface area contributed by atoms with Gasteiger partial charge in [0.2, 0.25) is 10.0 Å². The van der Waals surface area contributed by atoms with Crippen molar-refractivity contribution >= 4 is 27.5 Å². The smallest absolute Gasteiger partial charge is 0.261 e. The molecule has 28 heavy (non-hydrogen) atoms. The van der Waals surface area contributed by atoms with Crippen molar-refractivity contribution in [2.75, 3.05) is 6.54 Å². The Bertz CT molecular complexity index is 934. The molecule has 8 nitrogen and oxygen atoms in total. The van der Waals surface area contributed by atoms with Crippen molar-refractivity contribution in [1.82, 2.24) is 10.2 Å². The average Bonchev–Trinajstić information content (AvgIpc) is 2.64. The molecule has 2 aromatic rings. The maximum atomic E-state index is 14.3. The summed E-state index contributed by atoms with van der Waals surface area (Å²) in [4.78, 5) is 10.7. The summed E-state index contributed by atoms with van der Waals surface area (Å²) in [7, 11) is -4.51. The molecule has 0 fully saturated rings. The number of halogens is 3. The Kier molecular flexibility index (Phi) is 7.27. The summed E-state index contributed by atoms with van der Waals surface area (Å²) in [6, 6.07) is 5.27. The van der Waals surface area contributed by atoms with E-state index in [4.69, 9.17) is 27.3 Å². The van der Waals surface area contributed by atoms with Crippen molar-refractivity contribution in [3.05, 3.63) is 53.1 Å². The van der Waals surface area contributed by atoms with Crippen LogP contribution in [0.1, 0.15) is 6.42 Å². The van der Waals surface area contributed by atoms with E-state index in [1.54, 1.807) is 0 Å². The predicted molar refractivity (Wildman–Crippen MR) is 95.6 cm³/mol. The summed E-state index contributed by atoms with van der Waals surface area (Å²) in [5, 5.41) is 9.05. The van der Waals surface area contributed by atoms with Crippen LogP contribution < -0.4 is 20.7 Å². The van der Waals surface area contributed by atoms with Gasteiger partial charge >= 0.3 is 0 Å². The first-order chi connectivity index (χ1) is 13.2. The maximum Gasteiger partial charge on any atom is 0.261 e. The van der Waals surface area contributed by atoms with E-state index in [9.17, 15) is 22.0 Å². The minimum absolute atomic E-state index is 0.0820. The number of rotatable bonds is 8. The Morgan fingerprint density at radius 2 is 1.79 bits per heavy atom. The van der Waals surface area contributed by atoms with Gasteiger partial charge in [-0.2, -0.15) is 4.72 Å². The second-order valence-electron chi connectivity index (χ2n) is 5.50. The third-order valence-electron chi connectivity index (χ3n) is 3.50. The van der Waals surface area contributed by atoms with E-state index in [1.165, 1.54) is 29.7 Å². The summed E-state index contributed by atoms with van der Waals surface area (Å²) in [5.74, 6) is -4.36. The number of nitrogens with one attached hydrogen (secondary N) is 2. The lowest BCUT2D eigenvalue weighted by Gasteiger charge is -2.16. The number of carbonyl (C=O) groups excluding carboxylic acids is 1. The van der Waals surface area contributed by atoms with E-state index >= 15 is 0 Å². The van der Waals surface area contributed by atoms with Gasteiger partial charge in [0.1, 0.15) is 11.8 Å². The van der Waals surface area contributed by atoms with Crippen LogP contribution in [-0.2, 0) is 14.8 Å². The highest BCUT2D eigenvalue weighted by Gasteiger charge is 2.27. The van der Waals surface area contributed by atoms with Crippen LogP contribution in [0.3, 0.4) is 0 Å². The second kappa shape index (κ2) is 9.26. The molecule has 0 aliphatic carbocycles. The van der Waals surface area contributed by atoms with Gasteiger partial charge < -0.3 is 10.5 Å². The summed E-state index contributed by atoms with van der Waals surface area (Å²) >= 11 is 5.72. The van der Waals surface area contributed by atoms with Gasteiger partial charge in [-0.15, -0.1) is 0 Å². The molecule has 0 aliphatic heterocycles. The van der Waals surface area contributed by atoms with Gasteiger partial charge in [0.25, 0.3) is 5.91 Å². The van der Waals surface area contributed by atoms with Crippen molar-refractivity contribution in [3.63, 3.8) is 0 Å². The molecule has 2 aromatic carbocycles. The Hall–Kier alpha value is -2.31. The highest BCUT2D eigenvalue weighted by molar-refractivity contribution is 7.89. The lowest BCUT2D eigenvalue weighted by molar-refractivity contribution is -0.131. The van der Waals surface area contributed by atoms with E-state index in [0.29, 0.717) is 17.2 Å². The lowest BCUT2D eigenvalue weighted by atomic mass is 10.2. The molecule has 0 aromatic heterocycles. The molecule has 5 N–H and O–H groups in total. The largest absolute Gasteiger partial charge is 0.451 e. The first kappa shape index (κ1) is 22.0. The number of sulfonamides is 1. The fourth-order valence-electron chi connectivity index (χ4n) is 2.15. The highest BCUT2D eigenvalue weighted by atomic mass is 35.5. The summed E-state index contributed by atoms with van der Waals surface area (Å²) in [5.41, 5.74) is 6.58. The van der Waals surface area contributed by atoms with Crippen LogP contribution in [-0.4, -0.2) is 32.1 Å². The van der Waals surface area contributed by atoms with Crippen LogP contribution in [0.5, 0.6) is 11.5 Å². The third-order valence-corrected chi connectivity index (χ3v) is 5.20. The third kappa shape index (κ3) is 5.36. The van der Waals surface area contributed by atoms with Crippen molar-refractivity contribution in [2.24, 2.45) is 5.73 Å². The van der Waals surface area contributed by atoms with E-state index in [2.05, 4.69) is 0 Å². The first-order valence-electron chi connectivity index (χ1n) is 7.76. The molecule has 152 valence electrons. The Morgan fingerprint density at radius 3 is 2.29 bits per heavy atom.